The molecule has 0 unspecified atom stereocenters. The van der Waals surface area contributed by atoms with E-state index in [0.717, 1.165) is 12.2 Å². The van der Waals surface area contributed by atoms with E-state index in [0.29, 0.717) is 6.54 Å². The predicted octanol–water partition coefficient (Wildman–Crippen LogP) is 1.60. The number of amides is 1. The van der Waals surface area contributed by atoms with Crippen LogP contribution in [0.4, 0.5) is 0 Å². The first kappa shape index (κ1) is 14.6. The normalized spacial score (nSPS) is 9.62. The number of nitrogens with zero attached hydrogens (tertiary/aromatic N) is 3. The van der Waals surface area contributed by atoms with Gasteiger partial charge >= 0.3 is 0 Å². The highest BCUT2D eigenvalue weighted by Gasteiger charge is 2.07. The zero-order valence-corrected chi connectivity index (χ0v) is 10.8. The average Bonchev–Trinajstić information content (AvgIpc) is 2.76. The lowest BCUT2D eigenvalue weighted by Gasteiger charge is -2.04. The summed E-state index contributed by atoms with van der Waals surface area (Å²) in [4.78, 5) is 11.2. The molecule has 1 N–H and O–H groups in total. The molecule has 0 radical (unpaired) electrons. The molecule has 0 bridgehead atoms. The molecule has 0 aliphatic carbocycles. The topological polar surface area (TPSA) is 59.8 Å². The van der Waals surface area contributed by atoms with Crippen molar-refractivity contribution >= 4 is 5.91 Å². The molecule has 1 heterocycles. The molecular formula is C11H22N4O. The molecule has 1 amide bonds. The number of hydrogen-bond acceptors (Lipinski definition) is 3. The Morgan fingerprint density at radius 3 is 2.56 bits per heavy atom. The Labute approximate surface area is 97.2 Å². The highest BCUT2D eigenvalue weighted by Crippen LogP contribution is 1.95. The third kappa shape index (κ3) is 4.91. The number of carbonyl (C=O) groups is 1. The Hall–Kier alpha value is -1.39. The van der Waals surface area contributed by atoms with Crippen LogP contribution in [0, 0.1) is 5.92 Å². The Morgan fingerprint density at radius 1 is 1.50 bits per heavy atom. The first-order valence-electron chi connectivity index (χ1n) is 5.80. The van der Waals surface area contributed by atoms with E-state index in [4.69, 9.17) is 0 Å². The van der Waals surface area contributed by atoms with Crippen molar-refractivity contribution in [3.05, 3.63) is 11.9 Å². The Bertz CT molecular complexity index is 307. The summed E-state index contributed by atoms with van der Waals surface area (Å²) in [5.74, 6) is 0.0484. The SMILES string of the molecule is CC.CCn1cc(CNC(=O)C(C)C)nn1. The van der Waals surface area contributed by atoms with Crippen molar-refractivity contribution in [2.75, 3.05) is 0 Å². The van der Waals surface area contributed by atoms with Crippen LogP contribution in [0.3, 0.4) is 0 Å². The van der Waals surface area contributed by atoms with Gasteiger partial charge in [0.1, 0.15) is 5.69 Å². The standard InChI is InChI=1S/C9H16N4O.C2H6/c1-4-13-6-8(11-12-13)5-10-9(14)7(2)3;1-2/h6-7H,4-5H2,1-3H3,(H,10,14);1-2H3. The number of aromatic nitrogens is 3. The van der Waals surface area contributed by atoms with Gasteiger partial charge in [-0.25, -0.2) is 0 Å². The van der Waals surface area contributed by atoms with Crippen LogP contribution < -0.4 is 5.32 Å². The Kier molecular flexibility index (Phi) is 7.16. The van der Waals surface area contributed by atoms with Crippen molar-refractivity contribution in [1.29, 1.82) is 0 Å². The van der Waals surface area contributed by atoms with Crippen LogP contribution in [0.15, 0.2) is 6.20 Å². The van der Waals surface area contributed by atoms with Crippen LogP contribution in [0.1, 0.15) is 40.3 Å². The lowest BCUT2D eigenvalue weighted by Crippen LogP contribution is -2.27. The second kappa shape index (κ2) is 7.84. The summed E-state index contributed by atoms with van der Waals surface area (Å²) in [6.45, 7) is 11.0. The van der Waals surface area contributed by atoms with Crippen molar-refractivity contribution in [3.8, 4) is 0 Å². The van der Waals surface area contributed by atoms with E-state index in [-0.39, 0.29) is 11.8 Å². The highest BCUT2D eigenvalue weighted by molar-refractivity contribution is 5.77. The maximum atomic E-state index is 11.2. The molecule has 1 aromatic heterocycles. The van der Waals surface area contributed by atoms with Gasteiger partial charge in [0.15, 0.2) is 0 Å². The fraction of sp³-hybridized carbons (Fsp3) is 0.727. The van der Waals surface area contributed by atoms with Crippen LogP contribution in [-0.4, -0.2) is 20.9 Å². The third-order valence-corrected chi connectivity index (χ3v) is 1.88. The molecule has 0 aromatic carbocycles. The Balaban J connectivity index is 0.00000106. The maximum absolute atomic E-state index is 11.2. The fourth-order valence-corrected chi connectivity index (χ4v) is 0.956. The van der Waals surface area contributed by atoms with Crippen LogP contribution in [0.2, 0.25) is 0 Å². The quantitative estimate of drug-likeness (QED) is 0.848. The molecule has 5 nitrogen and oxygen atoms in total. The second-order valence-corrected chi connectivity index (χ2v) is 3.44. The molecule has 1 rings (SSSR count). The molecule has 0 aliphatic rings. The number of carbonyl (C=O) groups excluding carboxylic acids is 1. The van der Waals surface area contributed by atoms with Crippen LogP contribution in [0.5, 0.6) is 0 Å². The largest absolute Gasteiger partial charge is 0.350 e. The van der Waals surface area contributed by atoms with Gasteiger partial charge in [0.25, 0.3) is 0 Å². The molecule has 0 saturated carbocycles. The molecular weight excluding hydrogens is 204 g/mol. The highest BCUT2D eigenvalue weighted by atomic mass is 16.1. The minimum Gasteiger partial charge on any atom is -0.350 e. The lowest BCUT2D eigenvalue weighted by molar-refractivity contribution is -0.124. The molecule has 5 heteroatoms. The van der Waals surface area contributed by atoms with Gasteiger partial charge < -0.3 is 5.32 Å². The molecule has 0 fully saturated rings. The van der Waals surface area contributed by atoms with E-state index in [1.54, 1.807) is 4.68 Å². The second-order valence-electron chi connectivity index (χ2n) is 3.44. The summed E-state index contributed by atoms with van der Waals surface area (Å²) in [6, 6.07) is 0. The summed E-state index contributed by atoms with van der Waals surface area (Å²) in [5.41, 5.74) is 0.792. The first-order chi connectivity index (χ1) is 7.63. The number of nitrogens with one attached hydrogen (secondary N) is 1. The Morgan fingerprint density at radius 2 is 2.12 bits per heavy atom. The van der Waals surface area contributed by atoms with Gasteiger partial charge in [-0.3, -0.25) is 9.48 Å². The van der Waals surface area contributed by atoms with Gasteiger partial charge in [-0.15, -0.1) is 5.10 Å². The summed E-state index contributed by atoms with van der Waals surface area (Å²) in [5, 5.41) is 10.6. The zero-order chi connectivity index (χ0) is 12.6. The summed E-state index contributed by atoms with van der Waals surface area (Å²) in [7, 11) is 0. The van der Waals surface area contributed by atoms with Crippen molar-refractivity contribution < 1.29 is 4.79 Å². The molecule has 1 aromatic rings. The minimum atomic E-state index is 0.0104. The molecule has 16 heavy (non-hydrogen) atoms. The van der Waals surface area contributed by atoms with E-state index in [1.807, 2.05) is 40.8 Å². The summed E-state index contributed by atoms with van der Waals surface area (Å²) in [6.07, 6.45) is 1.83. The fourth-order valence-electron chi connectivity index (χ4n) is 0.956. The molecule has 0 spiro atoms. The number of aryl methyl sites for hydroxylation is 1. The van der Waals surface area contributed by atoms with Crippen LogP contribution in [-0.2, 0) is 17.9 Å². The maximum Gasteiger partial charge on any atom is 0.222 e. The van der Waals surface area contributed by atoms with E-state index >= 15 is 0 Å². The average molecular weight is 226 g/mol. The first-order valence-corrected chi connectivity index (χ1v) is 5.80. The van der Waals surface area contributed by atoms with Gasteiger partial charge in [0, 0.05) is 12.5 Å². The van der Waals surface area contributed by atoms with Gasteiger partial charge in [-0.2, -0.15) is 0 Å². The third-order valence-electron chi connectivity index (χ3n) is 1.88. The van der Waals surface area contributed by atoms with Crippen LogP contribution >= 0.6 is 0 Å². The zero-order valence-electron chi connectivity index (χ0n) is 10.8. The predicted molar refractivity (Wildman–Crippen MR) is 63.7 cm³/mol. The van der Waals surface area contributed by atoms with Crippen molar-refractivity contribution in [1.82, 2.24) is 20.3 Å². The van der Waals surface area contributed by atoms with Gasteiger partial charge in [-0.05, 0) is 6.92 Å². The summed E-state index contributed by atoms with van der Waals surface area (Å²) < 4.78 is 1.73. The minimum absolute atomic E-state index is 0.0104. The van der Waals surface area contributed by atoms with Gasteiger partial charge in [0.2, 0.25) is 5.91 Å². The lowest BCUT2D eigenvalue weighted by atomic mass is 10.2. The molecule has 0 aliphatic heterocycles. The van der Waals surface area contributed by atoms with E-state index in [9.17, 15) is 4.79 Å². The van der Waals surface area contributed by atoms with E-state index in [2.05, 4.69) is 15.6 Å². The summed E-state index contributed by atoms with van der Waals surface area (Å²) >= 11 is 0. The van der Waals surface area contributed by atoms with E-state index in [1.165, 1.54) is 0 Å². The van der Waals surface area contributed by atoms with Crippen molar-refractivity contribution in [3.63, 3.8) is 0 Å². The molecule has 0 atom stereocenters. The monoisotopic (exact) mass is 226 g/mol. The number of hydrogen-bond donors (Lipinski definition) is 1. The van der Waals surface area contributed by atoms with Crippen molar-refractivity contribution in [2.24, 2.45) is 5.92 Å². The van der Waals surface area contributed by atoms with Gasteiger partial charge in [0.05, 0.1) is 12.7 Å². The van der Waals surface area contributed by atoms with Crippen molar-refractivity contribution in [2.45, 2.75) is 47.7 Å². The number of rotatable bonds is 4. The molecule has 92 valence electrons. The molecule has 0 saturated heterocycles. The van der Waals surface area contributed by atoms with E-state index < -0.39 is 0 Å². The smallest absolute Gasteiger partial charge is 0.222 e. The van der Waals surface area contributed by atoms with Crippen LogP contribution in [0.25, 0.3) is 0 Å². The van der Waals surface area contributed by atoms with Gasteiger partial charge in [-0.1, -0.05) is 32.9 Å².